The predicted molar refractivity (Wildman–Crippen MR) is 133 cm³/mol. The van der Waals surface area contributed by atoms with Crippen molar-refractivity contribution in [2.45, 2.75) is 0 Å². The topological polar surface area (TPSA) is 22.8 Å². The lowest BCUT2D eigenvalue weighted by Gasteiger charge is -2.09. The van der Waals surface area contributed by atoms with Crippen LogP contribution in [-0.4, -0.2) is 14.1 Å². The molecule has 0 amide bonds. The van der Waals surface area contributed by atoms with E-state index in [1.165, 1.54) is 27.2 Å². The normalized spacial score (nSPS) is 11.8. The molecule has 4 aromatic carbocycles. The molecule has 0 unspecified atom stereocenters. The van der Waals surface area contributed by atoms with E-state index in [9.17, 15) is 0 Å². The molecular formula is C29H19N3. The fourth-order valence-electron chi connectivity index (χ4n) is 5.07. The van der Waals surface area contributed by atoms with Crippen molar-refractivity contribution in [2.75, 3.05) is 0 Å². The molecule has 0 atom stereocenters. The van der Waals surface area contributed by atoms with Gasteiger partial charge in [0.05, 0.1) is 16.6 Å². The second kappa shape index (κ2) is 6.56. The first-order valence-electron chi connectivity index (χ1n) is 10.8. The van der Waals surface area contributed by atoms with Crippen LogP contribution in [0.1, 0.15) is 0 Å². The molecule has 32 heavy (non-hydrogen) atoms. The number of rotatable bonds is 2. The van der Waals surface area contributed by atoms with Crippen LogP contribution >= 0.6 is 0 Å². The van der Waals surface area contributed by atoms with E-state index in [2.05, 4.69) is 112 Å². The maximum atomic E-state index is 4.81. The van der Waals surface area contributed by atoms with Gasteiger partial charge in [-0.25, -0.2) is 4.98 Å². The lowest BCUT2D eigenvalue weighted by molar-refractivity contribution is 1.14. The molecule has 0 aliphatic rings. The molecule has 150 valence electrons. The number of pyridine rings is 1. The molecule has 0 bridgehead atoms. The van der Waals surface area contributed by atoms with Gasteiger partial charge >= 0.3 is 0 Å². The first-order valence-corrected chi connectivity index (χ1v) is 10.8. The van der Waals surface area contributed by atoms with Crippen LogP contribution in [-0.2, 0) is 0 Å². The second-order valence-electron chi connectivity index (χ2n) is 8.09. The smallest absolute Gasteiger partial charge is 0.145 e. The Labute approximate surface area is 184 Å². The van der Waals surface area contributed by atoms with E-state index in [1.54, 1.807) is 0 Å². The first-order chi connectivity index (χ1) is 15.9. The highest BCUT2D eigenvalue weighted by Crippen LogP contribution is 2.41. The number of hydrogen-bond acceptors (Lipinski definition) is 1. The van der Waals surface area contributed by atoms with Gasteiger partial charge in [-0.15, -0.1) is 0 Å². The van der Waals surface area contributed by atoms with Crippen LogP contribution in [0.5, 0.6) is 0 Å². The number of fused-ring (bicyclic) bond motifs is 7. The van der Waals surface area contributed by atoms with E-state index in [-0.39, 0.29) is 0 Å². The largest absolute Gasteiger partial charge is 0.309 e. The number of benzene rings is 4. The molecule has 3 nitrogen and oxygen atoms in total. The molecule has 0 aliphatic heterocycles. The maximum Gasteiger partial charge on any atom is 0.145 e. The minimum atomic E-state index is 0.978. The van der Waals surface area contributed by atoms with Crippen molar-refractivity contribution in [1.82, 2.24) is 14.1 Å². The van der Waals surface area contributed by atoms with Crippen LogP contribution in [0.3, 0.4) is 0 Å². The first kappa shape index (κ1) is 17.3. The van der Waals surface area contributed by atoms with Gasteiger partial charge in [0.25, 0.3) is 0 Å². The minimum Gasteiger partial charge on any atom is -0.309 e. The second-order valence-corrected chi connectivity index (χ2v) is 8.09. The Morgan fingerprint density at radius 1 is 0.469 bits per heavy atom. The van der Waals surface area contributed by atoms with Gasteiger partial charge < -0.3 is 4.57 Å². The van der Waals surface area contributed by atoms with Crippen molar-refractivity contribution < 1.29 is 0 Å². The lowest BCUT2D eigenvalue weighted by Crippen LogP contribution is -1.95. The van der Waals surface area contributed by atoms with Crippen LogP contribution in [0.25, 0.3) is 55.1 Å². The zero-order chi connectivity index (χ0) is 21.1. The molecule has 3 heterocycles. The molecule has 0 aliphatic carbocycles. The Morgan fingerprint density at radius 2 is 1.12 bits per heavy atom. The van der Waals surface area contributed by atoms with Gasteiger partial charge in [-0.1, -0.05) is 60.7 Å². The Morgan fingerprint density at radius 3 is 1.91 bits per heavy atom. The summed E-state index contributed by atoms with van der Waals surface area (Å²) in [7, 11) is 0. The molecule has 0 radical (unpaired) electrons. The summed E-state index contributed by atoms with van der Waals surface area (Å²) in [6, 6.07) is 38.5. The average molecular weight is 409 g/mol. The molecule has 7 aromatic rings. The Kier molecular flexibility index (Phi) is 3.55. The lowest BCUT2D eigenvalue weighted by atomic mass is 10.1. The van der Waals surface area contributed by atoms with Crippen LogP contribution in [0.4, 0.5) is 0 Å². The van der Waals surface area contributed by atoms with Crippen molar-refractivity contribution in [2.24, 2.45) is 0 Å². The van der Waals surface area contributed by atoms with E-state index >= 15 is 0 Å². The summed E-state index contributed by atoms with van der Waals surface area (Å²) in [5, 5.41) is 4.91. The highest BCUT2D eigenvalue weighted by Gasteiger charge is 2.20. The van der Waals surface area contributed by atoms with E-state index < -0.39 is 0 Å². The molecular weight excluding hydrogens is 390 g/mol. The van der Waals surface area contributed by atoms with Crippen molar-refractivity contribution in [3.05, 3.63) is 115 Å². The zero-order valence-corrected chi connectivity index (χ0v) is 17.3. The van der Waals surface area contributed by atoms with Gasteiger partial charge in [-0.2, -0.15) is 0 Å². The fourth-order valence-corrected chi connectivity index (χ4v) is 5.07. The summed E-state index contributed by atoms with van der Waals surface area (Å²) >= 11 is 0. The third-order valence-electron chi connectivity index (χ3n) is 6.35. The third-order valence-corrected chi connectivity index (χ3v) is 6.35. The van der Waals surface area contributed by atoms with E-state index in [1.807, 2.05) is 12.3 Å². The highest BCUT2D eigenvalue weighted by atomic mass is 15.1. The molecule has 7 rings (SSSR count). The molecule has 0 N–H and O–H groups in total. The third kappa shape index (κ3) is 2.28. The number of para-hydroxylation sites is 3. The SMILES string of the molecule is c1ccc(-n2c3ccc4c5ccccc5n(-c5ccccc5)c4c3c3cccnc32)cc1. The van der Waals surface area contributed by atoms with Gasteiger partial charge in [0, 0.05) is 39.1 Å². The molecule has 3 heteroatoms. The van der Waals surface area contributed by atoms with E-state index in [4.69, 9.17) is 4.98 Å². The van der Waals surface area contributed by atoms with Gasteiger partial charge in [-0.3, -0.25) is 4.57 Å². The highest BCUT2D eigenvalue weighted by molar-refractivity contribution is 6.25. The molecule has 0 spiro atoms. The number of nitrogens with zero attached hydrogens (tertiary/aromatic N) is 3. The summed E-state index contributed by atoms with van der Waals surface area (Å²) < 4.78 is 4.67. The predicted octanol–water partition coefficient (Wildman–Crippen LogP) is 7.28. The van der Waals surface area contributed by atoms with E-state index in [0.717, 1.165) is 27.9 Å². The van der Waals surface area contributed by atoms with Gasteiger partial charge in [0.1, 0.15) is 5.65 Å². The van der Waals surface area contributed by atoms with Crippen molar-refractivity contribution in [3.63, 3.8) is 0 Å². The number of aromatic nitrogens is 3. The van der Waals surface area contributed by atoms with Gasteiger partial charge in [0.15, 0.2) is 0 Å². The average Bonchev–Trinajstić information content (AvgIpc) is 3.38. The van der Waals surface area contributed by atoms with E-state index in [0.29, 0.717) is 0 Å². The van der Waals surface area contributed by atoms with Crippen LogP contribution in [0.15, 0.2) is 115 Å². The molecule has 0 saturated heterocycles. The summed E-state index contributed by atoms with van der Waals surface area (Å²) in [6.07, 6.45) is 1.88. The maximum absolute atomic E-state index is 4.81. The Hall–Kier alpha value is -4.37. The fraction of sp³-hybridized carbons (Fsp3) is 0. The minimum absolute atomic E-state index is 0.978. The molecule has 3 aromatic heterocycles. The Bertz CT molecular complexity index is 1760. The summed E-state index contributed by atoms with van der Waals surface area (Å²) in [5.41, 5.74) is 6.86. The Balaban J connectivity index is 1.77. The van der Waals surface area contributed by atoms with Crippen LogP contribution < -0.4 is 0 Å². The standard InChI is InChI=1S/C29H19N3/c1-3-10-20(11-4-1)31-25-16-8-7-14-22(25)23-17-18-26-27(28(23)31)24-15-9-19-30-29(24)32(26)21-12-5-2-6-13-21/h1-19H. The van der Waals surface area contributed by atoms with Crippen molar-refractivity contribution >= 4 is 43.7 Å². The number of hydrogen-bond donors (Lipinski definition) is 0. The molecule has 0 fully saturated rings. The summed E-state index contributed by atoms with van der Waals surface area (Å²) in [5.74, 6) is 0. The van der Waals surface area contributed by atoms with Crippen LogP contribution in [0, 0.1) is 0 Å². The van der Waals surface area contributed by atoms with Gasteiger partial charge in [-0.05, 0) is 48.5 Å². The molecule has 0 saturated carbocycles. The van der Waals surface area contributed by atoms with Crippen LogP contribution in [0.2, 0.25) is 0 Å². The monoisotopic (exact) mass is 409 g/mol. The van der Waals surface area contributed by atoms with Crippen molar-refractivity contribution in [1.29, 1.82) is 0 Å². The van der Waals surface area contributed by atoms with Crippen molar-refractivity contribution in [3.8, 4) is 11.4 Å². The summed E-state index contributed by atoms with van der Waals surface area (Å²) in [4.78, 5) is 4.81. The quantitative estimate of drug-likeness (QED) is 0.294. The van der Waals surface area contributed by atoms with Gasteiger partial charge in [0.2, 0.25) is 0 Å². The summed E-state index contributed by atoms with van der Waals surface area (Å²) in [6.45, 7) is 0. The zero-order valence-electron chi connectivity index (χ0n) is 17.3.